The van der Waals surface area contributed by atoms with Crippen LogP contribution in [0.1, 0.15) is 96.8 Å². The second-order valence-corrected chi connectivity index (χ2v) is 10.7. The van der Waals surface area contributed by atoms with Crippen molar-refractivity contribution in [1.29, 1.82) is 0 Å². The summed E-state index contributed by atoms with van der Waals surface area (Å²) in [5, 5.41) is 10.8. The molecular weight excluding hydrogens is 507 g/mol. The van der Waals surface area contributed by atoms with Gasteiger partial charge in [-0.2, -0.15) is 0 Å². The Morgan fingerprint density at radius 2 is 1.42 bits per heavy atom. The zero-order valence-corrected chi connectivity index (χ0v) is 25.7. The molecule has 0 saturated carbocycles. The number of amides is 2. The molecule has 196 valence electrons. The fraction of sp³-hybridized carbons (Fsp3) is 0.615. The molecule has 2 rings (SSSR count). The third-order valence-electron chi connectivity index (χ3n) is 6.11. The number of unbranched alkanes of at least 4 members (excludes halogenated alkanes) is 13. The van der Waals surface area contributed by atoms with Crippen LogP contribution in [0.4, 0.5) is 10.5 Å². The fourth-order valence-electron chi connectivity index (χ4n) is 4.07. The molecule has 0 spiro atoms. The van der Waals surface area contributed by atoms with E-state index in [1.807, 2.05) is 0 Å². The number of anilines is 1. The molecule has 1 heterocycles. The quantitative estimate of drug-likeness (QED) is 0.131. The molecule has 0 aliphatic carbocycles. The smallest absolute Gasteiger partial charge is 0.875 e. The van der Waals surface area contributed by atoms with Crippen LogP contribution >= 0.6 is 0 Å². The number of carbonyl (C=O) groups excluding carboxylic acids is 2. The van der Waals surface area contributed by atoms with Crippen LogP contribution in [0.25, 0.3) is 0 Å². The van der Waals surface area contributed by atoms with Gasteiger partial charge in [-0.1, -0.05) is 103 Å². The van der Waals surface area contributed by atoms with Gasteiger partial charge in [-0.25, -0.2) is 22.8 Å². The van der Waals surface area contributed by atoms with Crippen LogP contribution in [0.3, 0.4) is 0 Å². The van der Waals surface area contributed by atoms with E-state index >= 15 is 0 Å². The summed E-state index contributed by atoms with van der Waals surface area (Å²) in [6, 6.07) is 5.42. The van der Waals surface area contributed by atoms with Crippen molar-refractivity contribution in [2.45, 2.75) is 102 Å². The number of ether oxygens (including phenoxy) is 1. The molecule has 1 aliphatic rings. The molecule has 2 amide bonds. The maximum atomic E-state index is 12.6. The maximum absolute atomic E-state index is 12.6. The molecule has 0 bridgehead atoms. The Morgan fingerprint density at radius 1 is 0.889 bits per heavy atom. The first kappa shape index (κ1) is 33.3. The van der Waals surface area contributed by atoms with Crippen LogP contribution in [0.5, 0.6) is 0 Å². The molecule has 0 unspecified atom stereocenters. The number of hydrogen-bond donors (Lipinski definition) is 1. The van der Waals surface area contributed by atoms with Crippen molar-refractivity contribution in [3.63, 3.8) is 0 Å². The fourth-order valence-corrected chi connectivity index (χ4v) is 5.19. The van der Waals surface area contributed by atoms with E-state index < -0.39 is 27.8 Å². The standard InChI is InChI=1S/C26H40N2O6S.K/c1-2-3-4-5-6-7-8-9-10-11-12-13-14-15-19-27-35(32,33)23-18-16-17-22(20-23)28-25(30)24(21-29)34-26(28)31;/h16-18,20-21,27,29H,2-15,19H2,1H3;/q;+1/p-1/b24-21+;. The number of carbonyl (C=O) groups is 2. The van der Waals surface area contributed by atoms with Gasteiger partial charge in [-0.05, 0) is 24.6 Å². The van der Waals surface area contributed by atoms with Crippen LogP contribution in [0.15, 0.2) is 41.2 Å². The van der Waals surface area contributed by atoms with E-state index in [9.17, 15) is 23.1 Å². The summed E-state index contributed by atoms with van der Waals surface area (Å²) < 4.78 is 32.4. The van der Waals surface area contributed by atoms with Gasteiger partial charge in [0.15, 0.2) is 5.76 Å². The van der Waals surface area contributed by atoms with Crippen molar-refractivity contribution < 1.29 is 79.2 Å². The predicted octanol–water partition coefficient (Wildman–Crippen LogP) is 2.14. The van der Waals surface area contributed by atoms with E-state index in [0.717, 1.165) is 19.3 Å². The van der Waals surface area contributed by atoms with Crippen LogP contribution in [-0.2, 0) is 19.6 Å². The number of hydrogen-bond acceptors (Lipinski definition) is 6. The monoisotopic (exact) mass is 546 g/mol. The molecule has 0 radical (unpaired) electrons. The second kappa shape index (κ2) is 18.5. The summed E-state index contributed by atoms with van der Waals surface area (Å²) in [5.41, 5.74) is 0.0243. The molecule has 1 fully saturated rings. The molecular formula is C26H39KN2O6S. The molecule has 8 nitrogen and oxygen atoms in total. The van der Waals surface area contributed by atoms with E-state index in [1.54, 1.807) is 0 Å². The van der Waals surface area contributed by atoms with E-state index in [0.29, 0.717) is 11.4 Å². The SMILES string of the molecule is CCCCCCCCCCCCCCCCNS(=O)(=O)c1cccc(N2C(=O)O/C(=C/[O-])C2=O)c1.[K+]. The average Bonchev–Trinajstić information content (AvgIpc) is 3.14. The average molecular weight is 547 g/mol. The molecule has 1 aromatic rings. The Balaban J connectivity index is 0.00000648. The summed E-state index contributed by atoms with van der Waals surface area (Å²) >= 11 is 0. The number of nitrogens with one attached hydrogen (secondary N) is 1. The summed E-state index contributed by atoms with van der Waals surface area (Å²) in [4.78, 5) is 24.5. The van der Waals surface area contributed by atoms with Crippen molar-refractivity contribution in [2.24, 2.45) is 0 Å². The first-order chi connectivity index (χ1) is 16.9. The van der Waals surface area contributed by atoms with Crippen LogP contribution in [0.2, 0.25) is 0 Å². The van der Waals surface area contributed by atoms with Crippen molar-refractivity contribution >= 4 is 27.7 Å². The third-order valence-corrected chi connectivity index (χ3v) is 7.57. The Labute approximate surface area is 258 Å². The molecule has 1 aromatic carbocycles. The molecule has 1 saturated heterocycles. The summed E-state index contributed by atoms with van der Waals surface area (Å²) in [6.07, 6.45) is 16.3. The van der Waals surface area contributed by atoms with Gasteiger partial charge in [-0.15, -0.1) is 0 Å². The number of rotatable bonds is 18. The Hall–Kier alpha value is -0.754. The third kappa shape index (κ3) is 11.3. The largest absolute Gasteiger partial charge is 1.00 e. The zero-order valence-electron chi connectivity index (χ0n) is 21.8. The van der Waals surface area contributed by atoms with E-state index in [2.05, 4.69) is 16.4 Å². The van der Waals surface area contributed by atoms with Gasteiger partial charge in [0.05, 0.1) is 10.6 Å². The normalized spacial score (nSPS) is 14.8. The van der Waals surface area contributed by atoms with Gasteiger partial charge in [0.25, 0.3) is 0 Å². The minimum absolute atomic E-state index is 0. The van der Waals surface area contributed by atoms with Crippen molar-refractivity contribution in [3.8, 4) is 0 Å². The van der Waals surface area contributed by atoms with Crippen molar-refractivity contribution in [2.75, 3.05) is 11.4 Å². The molecule has 0 atom stereocenters. The Morgan fingerprint density at radius 3 is 1.92 bits per heavy atom. The van der Waals surface area contributed by atoms with Crippen molar-refractivity contribution in [1.82, 2.24) is 4.72 Å². The van der Waals surface area contributed by atoms with E-state index in [-0.39, 0.29) is 68.2 Å². The number of imide groups is 1. The van der Waals surface area contributed by atoms with Crippen molar-refractivity contribution in [3.05, 3.63) is 36.3 Å². The zero-order chi connectivity index (χ0) is 25.5. The van der Waals surface area contributed by atoms with Gasteiger partial charge < -0.3 is 9.84 Å². The molecule has 36 heavy (non-hydrogen) atoms. The molecule has 1 aliphatic heterocycles. The topological polar surface area (TPSA) is 116 Å². The van der Waals surface area contributed by atoms with Crippen LogP contribution in [0, 0.1) is 0 Å². The van der Waals surface area contributed by atoms with Gasteiger partial charge in [0.2, 0.25) is 10.0 Å². The van der Waals surface area contributed by atoms with Crippen LogP contribution < -0.4 is 66.1 Å². The number of sulfonamides is 1. The van der Waals surface area contributed by atoms with Gasteiger partial charge >= 0.3 is 63.4 Å². The summed E-state index contributed by atoms with van der Waals surface area (Å²) in [7, 11) is -3.80. The van der Waals surface area contributed by atoms with Gasteiger partial charge in [-0.3, -0.25) is 4.79 Å². The number of benzene rings is 1. The molecule has 0 aromatic heterocycles. The minimum Gasteiger partial charge on any atom is -0.875 e. The first-order valence-corrected chi connectivity index (χ1v) is 14.4. The summed E-state index contributed by atoms with van der Waals surface area (Å²) in [6.45, 7) is 2.56. The van der Waals surface area contributed by atoms with E-state index in [1.165, 1.54) is 94.9 Å². The molecule has 1 N–H and O–H groups in total. The number of cyclic esters (lactones) is 1. The Bertz CT molecular complexity index is 952. The first-order valence-electron chi connectivity index (χ1n) is 12.9. The second-order valence-electron chi connectivity index (χ2n) is 8.98. The molecule has 10 heteroatoms. The summed E-state index contributed by atoms with van der Waals surface area (Å²) in [5.74, 6) is -1.55. The number of nitrogens with zero attached hydrogens (tertiary/aromatic N) is 1. The van der Waals surface area contributed by atoms with Gasteiger partial charge in [0.1, 0.15) is 0 Å². The van der Waals surface area contributed by atoms with E-state index in [4.69, 9.17) is 0 Å². The maximum Gasteiger partial charge on any atom is 1.00 e. The van der Waals surface area contributed by atoms with Gasteiger partial charge in [0, 0.05) is 6.54 Å². The minimum atomic E-state index is -3.80. The predicted molar refractivity (Wildman–Crippen MR) is 134 cm³/mol. The van der Waals surface area contributed by atoms with Crippen LogP contribution in [-0.4, -0.2) is 27.0 Å². The Kier molecular flexibility index (Phi) is 17.1.